The molecule has 6 nitrogen and oxygen atoms in total. The van der Waals surface area contributed by atoms with Crippen LogP contribution in [0.25, 0.3) is 16.6 Å². The summed E-state index contributed by atoms with van der Waals surface area (Å²) < 4.78 is 1.86. The average Bonchev–Trinajstić information content (AvgIpc) is 3.02. The molecule has 0 unspecified atom stereocenters. The van der Waals surface area contributed by atoms with Crippen LogP contribution >= 0.6 is 0 Å². The molecule has 1 amide bonds. The molecule has 0 aliphatic rings. The van der Waals surface area contributed by atoms with Gasteiger partial charge in [-0.05, 0) is 44.2 Å². The Morgan fingerprint density at radius 2 is 2.00 bits per heavy atom. The van der Waals surface area contributed by atoms with Gasteiger partial charge < -0.3 is 5.32 Å². The second kappa shape index (κ2) is 5.98. The first-order valence-corrected chi connectivity index (χ1v) is 8.07. The van der Waals surface area contributed by atoms with E-state index in [0.29, 0.717) is 23.6 Å². The SMILES string of the molecule is Cc1ccc2nc(C)c(C(=O)NCc3nnc4ccccn34)cc2c1. The molecule has 1 N–H and O–H groups in total. The number of aromatic nitrogens is 4. The Balaban J connectivity index is 1.60. The zero-order chi connectivity index (χ0) is 17.4. The summed E-state index contributed by atoms with van der Waals surface area (Å²) in [6.45, 7) is 4.17. The van der Waals surface area contributed by atoms with Gasteiger partial charge in [0, 0.05) is 11.6 Å². The number of carbonyl (C=O) groups is 1. The molecule has 0 aliphatic heterocycles. The van der Waals surface area contributed by atoms with Crippen LogP contribution in [0.1, 0.15) is 27.4 Å². The van der Waals surface area contributed by atoms with Gasteiger partial charge in [-0.25, -0.2) is 0 Å². The lowest BCUT2D eigenvalue weighted by molar-refractivity contribution is 0.0949. The van der Waals surface area contributed by atoms with Crippen LogP contribution in [0.4, 0.5) is 0 Å². The first kappa shape index (κ1) is 15.3. The van der Waals surface area contributed by atoms with Crippen molar-refractivity contribution in [2.75, 3.05) is 0 Å². The molecule has 0 spiro atoms. The van der Waals surface area contributed by atoms with Crippen molar-refractivity contribution in [3.05, 3.63) is 71.3 Å². The number of pyridine rings is 2. The fraction of sp³-hybridized carbons (Fsp3) is 0.158. The number of carbonyl (C=O) groups excluding carboxylic acids is 1. The first-order valence-electron chi connectivity index (χ1n) is 8.07. The highest BCUT2D eigenvalue weighted by atomic mass is 16.1. The monoisotopic (exact) mass is 331 g/mol. The predicted octanol–water partition coefficient (Wildman–Crippen LogP) is 2.82. The quantitative estimate of drug-likeness (QED) is 0.626. The first-order chi connectivity index (χ1) is 12.1. The van der Waals surface area contributed by atoms with Crippen LogP contribution in [-0.4, -0.2) is 25.5 Å². The molecule has 4 aromatic rings. The summed E-state index contributed by atoms with van der Waals surface area (Å²) >= 11 is 0. The molecule has 124 valence electrons. The summed E-state index contributed by atoms with van der Waals surface area (Å²) in [5.74, 6) is 0.521. The van der Waals surface area contributed by atoms with Crippen molar-refractivity contribution < 1.29 is 4.79 Å². The summed E-state index contributed by atoms with van der Waals surface area (Å²) in [5.41, 5.74) is 4.07. The van der Waals surface area contributed by atoms with Gasteiger partial charge in [0.2, 0.25) is 0 Å². The largest absolute Gasteiger partial charge is 0.345 e. The molecule has 0 fully saturated rings. The van der Waals surface area contributed by atoms with Crippen molar-refractivity contribution in [1.29, 1.82) is 0 Å². The van der Waals surface area contributed by atoms with Gasteiger partial charge in [0.05, 0.1) is 23.3 Å². The highest BCUT2D eigenvalue weighted by Gasteiger charge is 2.13. The number of hydrogen-bond donors (Lipinski definition) is 1. The standard InChI is InChI=1S/C19H17N5O/c1-12-6-7-16-14(9-12)10-15(13(2)21-16)19(25)20-11-18-23-22-17-5-3-4-8-24(17)18/h3-10H,11H2,1-2H3,(H,20,25). The maximum atomic E-state index is 12.6. The number of fused-ring (bicyclic) bond motifs is 2. The minimum atomic E-state index is -0.166. The molecule has 0 saturated heterocycles. The van der Waals surface area contributed by atoms with Crippen LogP contribution in [0.3, 0.4) is 0 Å². The lowest BCUT2D eigenvalue weighted by Crippen LogP contribution is -2.25. The minimum Gasteiger partial charge on any atom is -0.345 e. The van der Waals surface area contributed by atoms with E-state index < -0.39 is 0 Å². The zero-order valence-corrected chi connectivity index (χ0v) is 14.0. The number of nitrogens with one attached hydrogen (secondary N) is 1. The minimum absolute atomic E-state index is 0.166. The number of nitrogens with zero attached hydrogens (tertiary/aromatic N) is 4. The Kier molecular flexibility index (Phi) is 3.65. The van der Waals surface area contributed by atoms with Crippen LogP contribution in [0.2, 0.25) is 0 Å². The molecule has 25 heavy (non-hydrogen) atoms. The van der Waals surface area contributed by atoms with Crippen molar-refractivity contribution in [3.8, 4) is 0 Å². The molecule has 0 saturated carbocycles. The number of amides is 1. The van der Waals surface area contributed by atoms with Crippen molar-refractivity contribution in [3.63, 3.8) is 0 Å². The summed E-state index contributed by atoms with van der Waals surface area (Å²) in [7, 11) is 0. The number of hydrogen-bond acceptors (Lipinski definition) is 4. The van der Waals surface area contributed by atoms with Crippen LogP contribution in [0.5, 0.6) is 0 Å². The summed E-state index contributed by atoms with van der Waals surface area (Å²) in [6, 6.07) is 13.6. The topological polar surface area (TPSA) is 72.2 Å². The number of rotatable bonds is 3. The Hall–Kier alpha value is -3.28. The summed E-state index contributed by atoms with van der Waals surface area (Å²) in [6.07, 6.45) is 1.88. The molecule has 0 atom stereocenters. The van der Waals surface area contributed by atoms with E-state index in [1.807, 2.05) is 66.9 Å². The zero-order valence-electron chi connectivity index (χ0n) is 14.0. The predicted molar refractivity (Wildman–Crippen MR) is 95.4 cm³/mol. The van der Waals surface area contributed by atoms with E-state index in [2.05, 4.69) is 20.5 Å². The van der Waals surface area contributed by atoms with Crippen molar-refractivity contribution in [1.82, 2.24) is 24.9 Å². The van der Waals surface area contributed by atoms with E-state index in [1.165, 1.54) is 0 Å². The lowest BCUT2D eigenvalue weighted by Gasteiger charge is -2.09. The van der Waals surface area contributed by atoms with Gasteiger partial charge in [0.1, 0.15) is 0 Å². The number of benzene rings is 1. The lowest BCUT2D eigenvalue weighted by atomic mass is 10.1. The van der Waals surface area contributed by atoms with E-state index in [4.69, 9.17) is 0 Å². The second-order valence-corrected chi connectivity index (χ2v) is 6.05. The third kappa shape index (κ3) is 2.82. The highest BCUT2D eigenvalue weighted by molar-refractivity contribution is 5.98. The Morgan fingerprint density at radius 3 is 2.88 bits per heavy atom. The smallest absolute Gasteiger partial charge is 0.253 e. The maximum absolute atomic E-state index is 12.6. The van der Waals surface area contributed by atoms with E-state index in [0.717, 1.165) is 22.1 Å². The molecule has 3 heterocycles. The third-order valence-corrected chi connectivity index (χ3v) is 4.20. The normalized spacial score (nSPS) is 11.1. The molecule has 0 bridgehead atoms. The number of aryl methyl sites for hydroxylation is 2. The Bertz CT molecular complexity index is 1100. The molecular weight excluding hydrogens is 314 g/mol. The van der Waals surface area contributed by atoms with E-state index in [9.17, 15) is 4.79 Å². The fourth-order valence-corrected chi connectivity index (χ4v) is 2.89. The molecule has 0 aliphatic carbocycles. The van der Waals surface area contributed by atoms with Crippen molar-refractivity contribution >= 4 is 22.5 Å². The van der Waals surface area contributed by atoms with Crippen LogP contribution < -0.4 is 5.32 Å². The Labute approximate surface area is 144 Å². The molecule has 1 aromatic carbocycles. The van der Waals surface area contributed by atoms with Gasteiger partial charge in [-0.3, -0.25) is 14.2 Å². The summed E-state index contributed by atoms with van der Waals surface area (Å²) in [5, 5.41) is 12.1. The summed E-state index contributed by atoms with van der Waals surface area (Å²) in [4.78, 5) is 17.2. The molecule has 0 radical (unpaired) electrons. The van der Waals surface area contributed by atoms with Gasteiger partial charge >= 0.3 is 0 Å². The highest BCUT2D eigenvalue weighted by Crippen LogP contribution is 2.18. The molecule has 4 rings (SSSR count). The maximum Gasteiger partial charge on any atom is 0.253 e. The van der Waals surface area contributed by atoms with Crippen LogP contribution in [0, 0.1) is 13.8 Å². The molecule has 6 heteroatoms. The van der Waals surface area contributed by atoms with Gasteiger partial charge in [0.15, 0.2) is 11.5 Å². The van der Waals surface area contributed by atoms with Crippen molar-refractivity contribution in [2.45, 2.75) is 20.4 Å². The van der Waals surface area contributed by atoms with E-state index >= 15 is 0 Å². The molecule has 3 aromatic heterocycles. The average molecular weight is 331 g/mol. The van der Waals surface area contributed by atoms with Gasteiger partial charge in [-0.2, -0.15) is 0 Å². The van der Waals surface area contributed by atoms with E-state index in [1.54, 1.807) is 0 Å². The van der Waals surface area contributed by atoms with Crippen molar-refractivity contribution in [2.24, 2.45) is 0 Å². The van der Waals surface area contributed by atoms with Crippen LogP contribution in [0.15, 0.2) is 48.7 Å². The van der Waals surface area contributed by atoms with Gasteiger partial charge in [0.25, 0.3) is 5.91 Å². The van der Waals surface area contributed by atoms with Gasteiger partial charge in [-0.15, -0.1) is 10.2 Å². The van der Waals surface area contributed by atoms with Crippen LogP contribution in [-0.2, 0) is 6.54 Å². The second-order valence-electron chi connectivity index (χ2n) is 6.05. The molecular formula is C19H17N5O. The van der Waals surface area contributed by atoms with Gasteiger partial charge in [-0.1, -0.05) is 17.7 Å². The Morgan fingerprint density at radius 1 is 1.12 bits per heavy atom. The fourth-order valence-electron chi connectivity index (χ4n) is 2.89. The van der Waals surface area contributed by atoms with E-state index in [-0.39, 0.29) is 5.91 Å². The third-order valence-electron chi connectivity index (χ3n) is 4.20.